The lowest BCUT2D eigenvalue weighted by Crippen LogP contribution is -2.38. The van der Waals surface area contributed by atoms with Gasteiger partial charge in [0.15, 0.2) is 0 Å². The van der Waals surface area contributed by atoms with Crippen molar-refractivity contribution >= 4 is 23.0 Å². The number of rotatable bonds is 9. The molecule has 2 aromatic carbocycles. The number of carbonyl (C=O) groups excluding carboxylic acids is 1. The lowest BCUT2D eigenvalue weighted by atomic mass is 10.0. The van der Waals surface area contributed by atoms with Gasteiger partial charge in [0.25, 0.3) is 0 Å². The molecule has 0 bridgehead atoms. The number of para-hydroxylation sites is 2. The van der Waals surface area contributed by atoms with Gasteiger partial charge >= 0.3 is 0 Å². The van der Waals surface area contributed by atoms with Gasteiger partial charge in [-0.15, -0.1) is 0 Å². The third-order valence-corrected chi connectivity index (χ3v) is 6.16. The van der Waals surface area contributed by atoms with Crippen LogP contribution in [0.5, 0.6) is 0 Å². The zero-order chi connectivity index (χ0) is 23.0. The summed E-state index contributed by atoms with van der Waals surface area (Å²) in [4.78, 5) is 19.6. The van der Waals surface area contributed by atoms with Crippen LogP contribution in [-0.4, -0.2) is 59.8 Å². The smallest absolute Gasteiger partial charge is 0.244 e. The number of imidazole rings is 1. The topological polar surface area (TPSA) is 59.4 Å². The van der Waals surface area contributed by atoms with E-state index in [1.54, 1.807) is 6.08 Å². The van der Waals surface area contributed by atoms with Gasteiger partial charge in [-0.05, 0) is 35.3 Å². The number of morpholine rings is 1. The van der Waals surface area contributed by atoms with Crippen LogP contribution in [0.25, 0.3) is 17.1 Å². The highest BCUT2D eigenvalue weighted by molar-refractivity contribution is 5.91. The van der Waals surface area contributed by atoms with E-state index in [1.807, 2.05) is 12.1 Å². The minimum atomic E-state index is -0.0843. The van der Waals surface area contributed by atoms with Gasteiger partial charge in [0.2, 0.25) is 5.91 Å². The van der Waals surface area contributed by atoms with E-state index in [9.17, 15) is 4.79 Å². The van der Waals surface area contributed by atoms with Crippen molar-refractivity contribution in [3.05, 3.63) is 71.6 Å². The first-order chi connectivity index (χ1) is 16.1. The zero-order valence-electron chi connectivity index (χ0n) is 19.7. The van der Waals surface area contributed by atoms with Gasteiger partial charge in [-0.25, -0.2) is 4.98 Å². The van der Waals surface area contributed by atoms with Crippen LogP contribution >= 0.6 is 0 Å². The molecule has 1 fully saturated rings. The maximum absolute atomic E-state index is 12.3. The van der Waals surface area contributed by atoms with Crippen LogP contribution in [0.3, 0.4) is 0 Å². The number of benzene rings is 2. The summed E-state index contributed by atoms with van der Waals surface area (Å²) in [6.07, 6.45) is 4.16. The van der Waals surface area contributed by atoms with Gasteiger partial charge in [0, 0.05) is 45.2 Å². The molecule has 2 heterocycles. The minimum absolute atomic E-state index is 0.0843. The van der Waals surface area contributed by atoms with Crippen LogP contribution in [0.15, 0.2) is 54.6 Å². The standard InChI is InChI=1S/C27H34N4O2/c1-21(2)23-10-7-22(8-11-23)9-12-27(32)28-14-13-26-29-24-5-3-4-6-25(24)31(26)16-15-30-17-19-33-20-18-30/h3-12,21H,13-20H2,1-2H3,(H,28,32)/b12-9+. The highest BCUT2D eigenvalue weighted by Crippen LogP contribution is 2.17. The molecule has 1 aliphatic rings. The molecule has 0 saturated carbocycles. The number of fused-ring (bicyclic) bond motifs is 1. The normalized spacial score (nSPS) is 15.0. The van der Waals surface area contributed by atoms with Crippen LogP contribution in [0.1, 0.15) is 36.7 Å². The fraction of sp³-hybridized carbons (Fsp3) is 0.407. The second-order valence-electron chi connectivity index (χ2n) is 8.82. The van der Waals surface area contributed by atoms with Gasteiger partial charge in [-0.2, -0.15) is 0 Å². The van der Waals surface area contributed by atoms with Crippen molar-refractivity contribution in [1.29, 1.82) is 0 Å². The average molecular weight is 447 g/mol. The van der Waals surface area contributed by atoms with Crippen molar-refractivity contribution in [3.63, 3.8) is 0 Å². The Morgan fingerprint density at radius 2 is 1.85 bits per heavy atom. The van der Waals surface area contributed by atoms with Crippen molar-refractivity contribution in [2.75, 3.05) is 39.4 Å². The Bertz CT molecular complexity index is 1080. The van der Waals surface area contributed by atoms with Crippen LogP contribution in [0.2, 0.25) is 0 Å². The molecule has 1 N–H and O–H groups in total. The largest absolute Gasteiger partial charge is 0.379 e. The second kappa shape index (κ2) is 11.3. The number of carbonyl (C=O) groups is 1. The lowest BCUT2D eigenvalue weighted by molar-refractivity contribution is -0.116. The summed E-state index contributed by atoms with van der Waals surface area (Å²) < 4.78 is 7.76. The molecule has 4 rings (SSSR count). The predicted molar refractivity (Wildman–Crippen MR) is 133 cm³/mol. The van der Waals surface area contributed by atoms with Crippen LogP contribution in [0, 0.1) is 0 Å². The Morgan fingerprint density at radius 1 is 1.09 bits per heavy atom. The van der Waals surface area contributed by atoms with E-state index < -0.39 is 0 Å². The minimum Gasteiger partial charge on any atom is -0.379 e. The summed E-state index contributed by atoms with van der Waals surface area (Å²) >= 11 is 0. The molecule has 6 heteroatoms. The summed E-state index contributed by atoms with van der Waals surface area (Å²) in [5.74, 6) is 1.43. The van der Waals surface area contributed by atoms with Crippen molar-refractivity contribution < 1.29 is 9.53 Å². The summed E-state index contributed by atoms with van der Waals surface area (Å²) in [7, 11) is 0. The summed E-state index contributed by atoms with van der Waals surface area (Å²) in [6, 6.07) is 16.6. The van der Waals surface area contributed by atoms with E-state index >= 15 is 0 Å². The van der Waals surface area contributed by atoms with Gasteiger partial charge in [-0.3, -0.25) is 9.69 Å². The zero-order valence-corrected chi connectivity index (χ0v) is 19.7. The molecule has 0 atom stereocenters. The third-order valence-electron chi connectivity index (χ3n) is 6.16. The van der Waals surface area contributed by atoms with E-state index in [2.05, 4.69) is 71.1 Å². The van der Waals surface area contributed by atoms with Gasteiger partial charge in [-0.1, -0.05) is 50.2 Å². The Balaban J connectivity index is 1.33. The van der Waals surface area contributed by atoms with E-state index in [-0.39, 0.29) is 5.91 Å². The van der Waals surface area contributed by atoms with Gasteiger partial charge < -0.3 is 14.6 Å². The van der Waals surface area contributed by atoms with Crippen LogP contribution in [-0.2, 0) is 22.5 Å². The summed E-state index contributed by atoms with van der Waals surface area (Å²) in [5, 5.41) is 3.00. The van der Waals surface area contributed by atoms with Crippen molar-refractivity contribution in [2.24, 2.45) is 0 Å². The van der Waals surface area contributed by atoms with E-state index in [0.29, 0.717) is 18.9 Å². The van der Waals surface area contributed by atoms with Gasteiger partial charge in [0.1, 0.15) is 5.82 Å². The Morgan fingerprint density at radius 3 is 2.61 bits per heavy atom. The number of hydrogen-bond acceptors (Lipinski definition) is 4. The number of hydrogen-bond donors (Lipinski definition) is 1. The average Bonchev–Trinajstić information content (AvgIpc) is 3.19. The quantitative estimate of drug-likeness (QED) is 0.507. The van der Waals surface area contributed by atoms with Crippen LogP contribution in [0.4, 0.5) is 0 Å². The molecule has 1 amide bonds. The summed E-state index contributed by atoms with van der Waals surface area (Å²) in [5.41, 5.74) is 4.48. The number of nitrogens with zero attached hydrogens (tertiary/aromatic N) is 3. The Hall–Kier alpha value is -2.96. The maximum Gasteiger partial charge on any atom is 0.244 e. The molecule has 1 saturated heterocycles. The second-order valence-corrected chi connectivity index (χ2v) is 8.82. The molecule has 33 heavy (non-hydrogen) atoms. The highest BCUT2D eigenvalue weighted by atomic mass is 16.5. The van der Waals surface area contributed by atoms with E-state index in [1.165, 1.54) is 5.56 Å². The van der Waals surface area contributed by atoms with Gasteiger partial charge in [0.05, 0.1) is 24.2 Å². The number of aromatic nitrogens is 2. The molecular formula is C27H34N4O2. The molecular weight excluding hydrogens is 412 g/mol. The SMILES string of the molecule is CC(C)c1ccc(/C=C/C(=O)NCCc2nc3ccccc3n2CCN2CCOCC2)cc1. The molecule has 6 nitrogen and oxygen atoms in total. The fourth-order valence-electron chi connectivity index (χ4n) is 4.15. The highest BCUT2D eigenvalue weighted by Gasteiger charge is 2.14. The molecule has 1 aliphatic heterocycles. The van der Waals surface area contributed by atoms with Crippen LogP contribution < -0.4 is 5.32 Å². The molecule has 3 aromatic rings. The predicted octanol–water partition coefficient (Wildman–Crippen LogP) is 3.86. The molecule has 1 aromatic heterocycles. The molecule has 0 unspecified atom stereocenters. The fourth-order valence-corrected chi connectivity index (χ4v) is 4.15. The molecule has 0 aliphatic carbocycles. The summed E-state index contributed by atoms with van der Waals surface area (Å²) in [6.45, 7) is 10.3. The first-order valence-corrected chi connectivity index (χ1v) is 11.9. The Kier molecular flexibility index (Phi) is 7.92. The number of amides is 1. The Labute approximate surface area is 196 Å². The molecule has 0 radical (unpaired) electrons. The van der Waals surface area contributed by atoms with E-state index in [0.717, 1.165) is 61.8 Å². The molecule has 174 valence electrons. The molecule has 0 spiro atoms. The monoisotopic (exact) mass is 446 g/mol. The van der Waals surface area contributed by atoms with Crippen molar-refractivity contribution in [3.8, 4) is 0 Å². The first kappa shape index (κ1) is 23.2. The third kappa shape index (κ3) is 6.30. The van der Waals surface area contributed by atoms with E-state index in [4.69, 9.17) is 9.72 Å². The number of ether oxygens (including phenoxy) is 1. The first-order valence-electron chi connectivity index (χ1n) is 11.9. The van der Waals surface area contributed by atoms with Crippen molar-refractivity contribution in [2.45, 2.75) is 32.7 Å². The van der Waals surface area contributed by atoms with Crippen molar-refractivity contribution in [1.82, 2.24) is 19.8 Å². The maximum atomic E-state index is 12.3. The number of nitrogens with one attached hydrogen (secondary N) is 1. The lowest BCUT2D eigenvalue weighted by Gasteiger charge is -2.27.